The molecule has 0 spiro atoms. The summed E-state index contributed by atoms with van der Waals surface area (Å²) in [6, 6.07) is 11.0. The van der Waals surface area contributed by atoms with E-state index in [1.165, 1.54) is 29.7 Å². The Labute approximate surface area is 142 Å². The lowest BCUT2D eigenvalue weighted by Gasteiger charge is -2.30. The summed E-state index contributed by atoms with van der Waals surface area (Å²) in [5.74, 6) is 0.834. The monoisotopic (exact) mass is 350 g/mol. The summed E-state index contributed by atoms with van der Waals surface area (Å²) in [5, 5.41) is 1.76. The Morgan fingerprint density at radius 3 is 2.48 bits per heavy atom. The van der Waals surface area contributed by atoms with Crippen LogP contribution in [0.3, 0.4) is 0 Å². The van der Waals surface area contributed by atoms with E-state index in [4.69, 9.17) is 0 Å². The molecular formula is C17H22N2O2S2. The lowest BCUT2D eigenvalue weighted by atomic mass is 9.99. The van der Waals surface area contributed by atoms with Crippen molar-refractivity contribution >= 4 is 27.0 Å². The Hall–Kier alpha value is -1.37. The molecule has 1 N–H and O–H groups in total. The molecule has 1 aliphatic heterocycles. The van der Waals surface area contributed by atoms with Crippen molar-refractivity contribution in [3.63, 3.8) is 0 Å². The Kier molecular flexibility index (Phi) is 5.04. The predicted molar refractivity (Wildman–Crippen MR) is 95.2 cm³/mol. The molecule has 1 saturated heterocycles. The number of sulfonamides is 1. The van der Waals surface area contributed by atoms with E-state index < -0.39 is 10.0 Å². The van der Waals surface area contributed by atoms with Gasteiger partial charge in [-0.05, 0) is 61.0 Å². The van der Waals surface area contributed by atoms with Gasteiger partial charge in [0.25, 0.3) is 10.0 Å². The van der Waals surface area contributed by atoms with Crippen LogP contribution in [-0.4, -0.2) is 26.4 Å². The summed E-state index contributed by atoms with van der Waals surface area (Å²) in [5.41, 5.74) is 1.83. The van der Waals surface area contributed by atoms with Gasteiger partial charge in [0.05, 0.1) is 0 Å². The van der Waals surface area contributed by atoms with E-state index in [1.807, 2.05) is 24.3 Å². The minimum absolute atomic E-state index is 0.337. The molecule has 0 saturated carbocycles. The van der Waals surface area contributed by atoms with Gasteiger partial charge in [-0.15, -0.1) is 11.3 Å². The number of piperidine rings is 1. The lowest BCUT2D eigenvalue weighted by molar-refractivity contribution is 0.185. The second-order valence-corrected chi connectivity index (χ2v) is 9.05. The van der Waals surface area contributed by atoms with E-state index in [0.717, 1.165) is 25.6 Å². The summed E-state index contributed by atoms with van der Waals surface area (Å²) in [4.78, 5) is 2.46. The van der Waals surface area contributed by atoms with Crippen molar-refractivity contribution in [3.05, 3.63) is 47.3 Å². The number of hydrogen-bond donors (Lipinski definition) is 1. The van der Waals surface area contributed by atoms with Crippen LogP contribution in [0.25, 0.3) is 0 Å². The van der Waals surface area contributed by atoms with Crippen molar-refractivity contribution in [2.24, 2.45) is 5.92 Å². The van der Waals surface area contributed by atoms with Crippen molar-refractivity contribution in [2.75, 3.05) is 17.8 Å². The van der Waals surface area contributed by atoms with Crippen LogP contribution < -0.4 is 4.72 Å². The Balaban J connectivity index is 1.61. The maximum atomic E-state index is 12.2. The molecule has 0 bridgehead atoms. The zero-order chi connectivity index (χ0) is 16.3. The average molecular weight is 351 g/mol. The summed E-state index contributed by atoms with van der Waals surface area (Å²) in [6.07, 6.45) is 2.53. The van der Waals surface area contributed by atoms with Crippen molar-refractivity contribution in [1.82, 2.24) is 4.90 Å². The Morgan fingerprint density at radius 1 is 1.17 bits per heavy atom. The van der Waals surface area contributed by atoms with E-state index >= 15 is 0 Å². The van der Waals surface area contributed by atoms with Crippen molar-refractivity contribution in [2.45, 2.75) is 30.5 Å². The van der Waals surface area contributed by atoms with Crippen LogP contribution in [0.2, 0.25) is 0 Å². The maximum Gasteiger partial charge on any atom is 0.271 e. The van der Waals surface area contributed by atoms with Gasteiger partial charge in [-0.25, -0.2) is 8.42 Å². The fraction of sp³-hybridized carbons (Fsp3) is 0.412. The molecule has 1 fully saturated rings. The van der Waals surface area contributed by atoms with Gasteiger partial charge in [0.15, 0.2) is 0 Å². The van der Waals surface area contributed by atoms with Gasteiger partial charge in [-0.1, -0.05) is 25.1 Å². The molecule has 0 atom stereocenters. The first-order chi connectivity index (χ1) is 11.0. The molecule has 1 aliphatic rings. The summed E-state index contributed by atoms with van der Waals surface area (Å²) >= 11 is 1.22. The Morgan fingerprint density at radius 2 is 1.87 bits per heavy atom. The highest BCUT2D eigenvalue weighted by atomic mass is 32.2. The minimum Gasteiger partial charge on any atom is -0.299 e. The fourth-order valence-electron chi connectivity index (χ4n) is 2.78. The van der Waals surface area contributed by atoms with E-state index in [0.29, 0.717) is 9.90 Å². The third-order valence-corrected chi connectivity index (χ3v) is 7.03. The quantitative estimate of drug-likeness (QED) is 0.893. The van der Waals surface area contributed by atoms with Gasteiger partial charge in [0, 0.05) is 12.2 Å². The highest BCUT2D eigenvalue weighted by molar-refractivity contribution is 7.94. The summed E-state index contributed by atoms with van der Waals surface area (Å²) in [7, 11) is -3.46. The van der Waals surface area contributed by atoms with E-state index in [9.17, 15) is 8.42 Å². The normalized spacial score (nSPS) is 17.3. The van der Waals surface area contributed by atoms with E-state index in [2.05, 4.69) is 16.5 Å². The zero-order valence-electron chi connectivity index (χ0n) is 13.2. The number of nitrogens with zero attached hydrogens (tertiary/aromatic N) is 1. The second kappa shape index (κ2) is 7.03. The van der Waals surface area contributed by atoms with Crippen LogP contribution in [0, 0.1) is 5.92 Å². The first-order valence-electron chi connectivity index (χ1n) is 7.90. The third-order valence-electron chi connectivity index (χ3n) is 4.25. The number of anilines is 1. The largest absolute Gasteiger partial charge is 0.299 e. The van der Waals surface area contributed by atoms with Gasteiger partial charge in [0.2, 0.25) is 0 Å². The number of rotatable bonds is 5. The minimum atomic E-state index is -3.46. The first kappa shape index (κ1) is 16.5. The number of nitrogens with one attached hydrogen (secondary N) is 1. The molecule has 0 radical (unpaired) electrons. The molecule has 1 aromatic carbocycles. The second-order valence-electron chi connectivity index (χ2n) is 6.19. The fourth-order valence-corrected chi connectivity index (χ4v) is 4.83. The number of benzene rings is 1. The molecule has 4 nitrogen and oxygen atoms in total. The Bertz CT molecular complexity index is 716. The van der Waals surface area contributed by atoms with Crippen molar-refractivity contribution < 1.29 is 8.42 Å². The number of thiophene rings is 1. The molecule has 3 rings (SSSR count). The van der Waals surface area contributed by atoms with Gasteiger partial charge in [-0.2, -0.15) is 0 Å². The van der Waals surface area contributed by atoms with Crippen LogP contribution in [0.15, 0.2) is 46.0 Å². The SMILES string of the molecule is CC1CCN(Cc2ccc(NS(=O)(=O)c3cccs3)cc2)CC1. The molecular weight excluding hydrogens is 328 g/mol. The third kappa shape index (κ3) is 4.34. The van der Waals surface area contributed by atoms with Crippen molar-refractivity contribution in [1.29, 1.82) is 0 Å². The van der Waals surface area contributed by atoms with Gasteiger partial charge < -0.3 is 0 Å². The topological polar surface area (TPSA) is 49.4 Å². The highest BCUT2D eigenvalue weighted by Gasteiger charge is 2.17. The number of likely N-dealkylation sites (tertiary alicyclic amines) is 1. The summed E-state index contributed by atoms with van der Waals surface area (Å²) in [6.45, 7) is 5.54. The lowest BCUT2D eigenvalue weighted by Crippen LogP contribution is -2.32. The van der Waals surface area contributed by atoms with Crippen LogP contribution in [-0.2, 0) is 16.6 Å². The zero-order valence-corrected chi connectivity index (χ0v) is 14.9. The van der Waals surface area contributed by atoms with Crippen LogP contribution >= 0.6 is 11.3 Å². The number of hydrogen-bond acceptors (Lipinski definition) is 4. The van der Waals surface area contributed by atoms with Gasteiger partial charge >= 0.3 is 0 Å². The van der Waals surface area contributed by atoms with Crippen LogP contribution in [0.4, 0.5) is 5.69 Å². The molecule has 2 heterocycles. The maximum absolute atomic E-state index is 12.2. The standard InChI is InChI=1S/C17H22N2O2S2/c1-14-8-10-19(11-9-14)13-15-4-6-16(7-5-15)18-23(20,21)17-3-2-12-22-17/h2-7,12,14,18H,8-11,13H2,1H3. The molecule has 2 aromatic rings. The first-order valence-corrected chi connectivity index (χ1v) is 10.3. The van der Waals surface area contributed by atoms with Crippen LogP contribution in [0.1, 0.15) is 25.3 Å². The van der Waals surface area contributed by atoms with E-state index in [-0.39, 0.29) is 0 Å². The van der Waals surface area contributed by atoms with Crippen LogP contribution in [0.5, 0.6) is 0 Å². The smallest absolute Gasteiger partial charge is 0.271 e. The molecule has 0 aliphatic carbocycles. The molecule has 6 heteroatoms. The van der Waals surface area contributed by atoms with Gasteiger partial charge in [0.1, 0.15) is 4.21 Å². The summed E-state index contributed by atoms with van der Waals surface area (Å²) < 4.78 is 27.3. The molecule has 124 valence electrons. The van der Waals surface area contributed by atoms with E-state index in [1.54, 1.807) is 17.5 Å². The molecule has 23 heavy (non-hydrogen) atoms. The molecule has 1 aromatic heterocycles. The molecule has 0 amide bonds. The average Bonchev–Trinajstić information content (AvgIpc) is 3.07. The predicted octanol–water partition coefficient (Wildman–Crippen LogP) is 3.78. The highest BCUT2D eigenvalue weighted by Crippen LogP contribution is 2.22. The van der Waals surface area contributed by atoms with Gasteiger partial charge in [-0.3, -0.25) is 9.62 Å². The molecule has 0 unspecified atom stereocenters. The van der Waals surface area contributed by atoms with Crippen molar-refractivity contribution in [3.8, 4) is 0 Å².